The third kappa shape index (κ3) is 101. The third-order valence-corrected chi connectivity index (χ3v) is 0. The Kier molecular flexibility index (Phi) is 4.86. The van der Waals surface area contributed by atoms with Crippen LogP contribution < -0.4 is 0 Å². The van der Waals surface area contributed by atoms with Gasteiger partial charge in [0.15, 0.2) is 0 Å². The second-order valence-electron chi connectivity index (χ2n) is 2.17. The maximum absolute atomic E-state index is 8.52. The standard InChI is InChI=1S/C4H10O.Bi.3H/c1-4(2,3)5;;;;/h5H,1-3H3;;;;. The number of rotatable bonds is 0. The fraction of sp³-hybridized carbons (Fsp3) is 1.00. The average Bonchev–Trinajstić information content (AvgIpc) is 0.722. The van der Waals surface area contributed by atoms with Gasteiger partial charge in [0.25, 0.3) is 0 Å². The normalized spacial score (nSPS) is 10.0. The second-order valence-corrected chi connectivity index (χ2v) is 2.17. The van der Waals surface area contributed by atoms with Gasteiger partial charge in [0.2, 0.25) is 0 Å². The molecule has 0 saturated heterocycles. The van der Waals surface area contributed by atoms with Crippen LogP contribution in [0.1, 0.15) is 20.8 Å². The second kappa shape index (κ2) is 2.93. The molecule has 0 aromatic rings. The van der Waals surface area contributed by atoms with Gasteiger partial charge < -0.3 is 5.11 Å². The molecule has 0 heterocycles. The summed E-state index contributed by atoms with van der Waals surface area (Å²) in [5.74, 6) is 0. The molecule has 0 fully saturated rings. The van der Waals surface area contributed by atoms with Crippen LogP contribution in [0.3, 0.4) is 0 Å². The Morgan fingerprint density at radius 3 is 1.17 bits per heavy atom. The monoisotopic (exact) mass is 286 g/mol. The van der Waals surface area contributed by atoms with E-state index in [1.165, 1.54) is 0 Å². The molecule has 0 amide bonds. The molecule has 0 aromatic heterocycles. The molecule has 2 heteroatoms. The molecule has 0 saturated carbocycles. The van der Waals surface area contributed by atoms with Crippen molar-refractivity contribution >= 4 is 26.2 Å². The number of hydrogen-bond acceptors (Lipinski definition) is 1. The molecular weight excluding hydrogens is 273 g/mol. The summed E-state index contributed by atoms with van der Waals surface area (Å²) in [7, 11) is 0. The van der Waals surface area contributed by atoms with Crippen LogP contribution in [0.15, 0.2) is 0 Å². The van der Waals surface area contributed by atoms with Gasteiger partial charge in [0.05, 0.1) is 5.60 Å². The van der Waals surface area contributed by atoms with Gasteiger partial charge in [0, 0.05) is 0 Å². The first kappa shape index (κ1) is 9.96. The predicted octanol–water partition coefficient (Wildman–Crippen LogP) is -0.407. The van der Waals surface area contributed by atoms with E-state index in [4.69, 9.17) is 5.11 Å². The molecule has 0 bridgehead atoms. The summed E-state index contributed by atoms with van der Waals surface area (Å²) >= 11 is 0. The molecule has 6 heavy (non-hydrogen) atoms. The molecule has 0 rings (SSSR count). The Morgan fingerprint density at radius 1 is 1.17 bits per heavy atom. The van der Waals surface area contributed by atoms with Gasteiger partial charge in [-0.25, -0.2) is 0 Å². The first-order valence-corrected chi connectivity index (χ1v) is 1.72. The molecule has 1 N–H and O–H groups in total. The van der Waals surface area contributed by atoms with Crippen molar-refractivity contribution in [2.24, 2.45) is 0 Å². The van der Waals surface area contributed by atoms with Crippen LogP contribution in [0, 0.1) is 0 Å². The van der Waals surface area contributed by atoms with Crippen LogP contribution in [-0.4, -0.2) is 36.9 Å². The quantitative estimate of drug-likeness (QED) is 0.601. The first-order valence-electron chi connectivity index (χ1n) is 1.72. The molecule has 0 aliphatic rings. The molecule has 0 aliphatic carbocycles. The first-order chi connectivity index (χ1) is 2.00. The Morgan fingerprint density at radius 2 is 1.17 bits per heavy atom. The van der Waals surface area contributed by atoms with E-state index in [0.717, 1.165) is 0 Å². The summed E-state index contributed by atoms with van der Waals surface area (Å²) in [5, 5.41) is 8.52. The van der Waals surface area contributed by atoms with Gasteiger partial charge in [-0.2, -0.15) is 0 Å². The average molecular weight is 286 g/mol. The van der Waals surface area contributed by atoms with Crippen molar-refractivity contribution in [3.63, 3.8) is 0 Å². The van der Waals surface area contributed by atoms with Crippen molar-refractivity contribution in [3.05, 3.63) is 0 Å². The topological polar surface area (TPSA) is 20.2 Å². The molecule has 0 spiro atoms. The Hall–Kier alpha value is 0.843. The van der Waals surface area contributed by atoms with E-state index < -0.39 is 5.60 Å². The fourth-order valence-corrected chi connectivity index (χ4v) is 0. The Labute approximate surface area is 57.9 Å². The number of hydrogen-bond donors (Lipinski definition) is 1. The number of aliphatic hydroxyl groups is 1. The summed E-state index contributed by atoms with van der Waals surface area (Å²) in [6.45, 7) is 5.23. The van der Waals surface area contributed by atoms with Crippen molar-refractivity contribution in [2.75, 3.05) is 0 Å². The van der Waals surface area contributed by atoms with E-state index >= 15 is 0 Å². The van der Waals surface area contributed by atoms with E-state index in [1.54, 1.807) is 20.8 Å². The minimum absolute atomic E-state index is 0. The molecule has 0 atom stereocenters. The van der Waals surface area contributed by atoms with Gasteiger partial charge in [-0.15, -0.1) is 0 Å². The zero-order valence-corrected chi connectivity index (χ0v) is 10.2. The van der Waals surface area contributed by atoms with Crippen LogP contribution >= 0.6 is 0 Å². The molecule has 40 valence electrons. The van der Waals surface area contributed by atoms with E-state index in [0.29, 0.717) is 0 Å². The van der Waals surface area contributed by atoms with Crippen LogP contribution in [0.25, 0.3) is 0 Å². The van der Waals surface area contributed by atoms with E-state index in [2.05, 4.69) is 0 Å². The Bertz CT molecular complexity index is 23.0. The van der Waals surface area contributed by atoms with Crippen molar-refractivity contribution < 1.29 is 5.11 Å². The van der Waals surface area contributed by atoms with Crippen LogP contribution in [0.4, 0.5) is 0 Å². The summed E-state index contributed by atoms with van der Waals surface area (Å²) < 4.78 is 0. The predicted molar refractivity (Wildman–Crippen MR) is 31.9 cm³/mol. The van der Waals surface area contributed by atoms with Crippen molar-refractivity contribution in [1.82, 2.24) is 0 Å². The van der Waals surface area contributed by atoms with Gasteiger partial charge in [-0.1, -0.05) is 0 Å². The SMILES string of the molecule is CC(C)(C)O.[BiH3]. The van der Waals surface area contributed by atoms with Gasteiger partial charge in [0.1, 0.15) is 0 Å². The van der Waals surface area contributed by atoms with E-state index in [9.17, 15) is 0 Å². The minimum atomic E-state index is -0.500. The zero-order chi connectivity index (χ0) is 4.50. The molecule has 0 aliphatic heterocycles. The zero-order valence-electron chi connectivity index (χ0n) is 4.65. The molecule has 0 unspecified atom stereocenters. The van der Waals surface area contributed by atoms with Crippen molar-refractivity contribution in [2.45, 2.75) is 26.4 Å². The van der Waals surface area contributed by atoms with Gasteiger partial charge in [-0.05, 0) is 20.8 Å². The fourth-order valence-electron chi connectivity index (χ4n) is 0. The molecule has 0 aromatic carbocycles. The van der Waals surface area contributed by atoms with E-state index in [-0.39, 0.29) is 26.2 Å². The van der Waals surface area contributed by atoms with Gasteiger partial charge in [-0.3, -0.25) is 0 Å². The van der Waals surface area contributed by atoms with Crippen LogP contribution in [0.5, 0.6) is 0 Å². The summed E-state index contributed by atoms with van der Waals surface area (Å²) in [4.78, 5) is 0. The van der Waals surface area contributed by atoms with Crippen LogP contribution in [0.2, 0.25) is 0 Å². The summed E-state index contributed by atoms with van der Waals surface area (Å²) in [5.41, 5.74) is -0.500. The van der Waals surface area contributed by atoms with Gasteiger partial charge >= 0.3 is 26.2 Å². The van der Waals surface area contributed by atoms with Crippen molar-refractivity contribution in [3.8, 4) is 0 Å². The van der Waals surface area contributed by atoms with Crippen LogP contribution in [-0.2, 0) is 0 Å². The maximum atomic E-state index is 8.52. The molecular formula is C4H13BiO. The van der Waals surface area contributed by atoms with E-state index in [1.807, 2.05) is 0 Å². The summed E-state index contributed by atoms with van der Waals surface area (Å²) in [6.07, 6.45) is 0. The molecule has 1 nitrogen and oxygen atoms in total. The van der Waals surface area contributed by atoms with Crippen molar-refractivity contribution in [1.29, 1.82) is 0 Å². The summed E-state index contributed by atoms with van der Waals surface area (Å²) in [6, 6.07) is 0. The Balaban J connectivity index is 0. The molecule has 0 radical (unpaired) electrons. The third-order valence-electron chi connectivity index (χ3n) is 0.